The second kappa shape index (κ2) is 6.58. The highest BCUT2D eigenvalue weighted by atomic mass is 35.5. The molecule has 2 aromatic carbocycles. The Morgan fingerprint density at radius 1 is 1.25 bits per heavy atom. The lowest BCUT2D eigenvalue weighted by Crippen LogP contribution is -2.41. The zero-order valence-corrected chi connectivity index (χ0v) is 14.3. The standard InChI is InChI=1S/C16H15ClFNO4S/c1-19(24(20,21)12-6-7-14(18)13(17)8-12)9-11-10-22-15-4-2-3-5-16(15)23-11/h2-8,11H,9-10H2,1H3. The Hall–Kier alpha value is -1.83. The van der Waals surface area contributed by atoms with Gasteiger partial charge in [0.2, 0.25) is 10.0 Å². The molecule has 128 valence electrons. The van der Waals surface area contributed by atoms with Crippen LogP contribution in [-0.2, 0) is 10.0 Å². The van der Waals surface area contributed by atoms with Crippen LogP contribution in [0.1, 0.15) is 0 Å². The van der Waals surface area contributed by atoms with E-state index >= 15 is 0 Å². The number of para-hydroxylation sites is 2. The maximum absolute atomic E-state index is 13.2. The van der Waals surface area contributed by atoms with Crippen molar-refractivity contribution < 1.29 is 22.3 Å². The van der Waals surface area contributed by atoms with E-state index in [1.807, 2.05) is 12.1 Å². The molecule has 0 saturated carbocycles. The van der Waals surface area contributed by atoms with E-state index in [1.54, 1.807) is 12.1 Å². The minimum Gasteiger partial charge on any atom is -0.486 e. The summed E-state index contributed by atoms with van der Waals surface area (Å²) >= 11 is 5.67. The van der Waals surface area contributed by atoms with E-state index in [1.165, 1.54) is 13.1 Å². The molecule has 0 saturated heterocycles. The van der Waals surface area contributed by atoms with E-state index in [4.69, 9.17) is 21.1 Å². The fraction of sp³-hybridized carbons (Fsp3) is 0.250. The molecule has 3 rings (SSSR count). The first-order valence-electron chi connectivity index (χ1n) is 7.18. The van der Waals surface area contributed by atoms with Gasteiger partial charge in [-0.3, -0.25) is 0 Å². The highest BCUT2D eigenvalue weighted by molar-refractivity contribution is 7.89. The Labute approximate surface area is 144 Å². The topological polar surface area (TPSA) is 55.8 Å². The van der Waals surface area contributed by atoms with Gasteiger partial charge in [0.1, 0.15) is 18.5 Å². The van der Waals surface area contributed by atoms with Crippen molar-refractivity contribution in [1.82, 2.24) is 4.31 Å². The number of halogens is 2. The summed E-state index contributed by atoms with van der Waals surface area (Å²) in [6, 6.07) is 10.5. The Morgan fingerprint density at radius 2 is 1.96 bits per heavy atom. The first-order valence-corrected chi connectivity index (χ1v) is 8.99. The normalized spacial score (nSPS) is 17.1. The first-order chi connectivity index (χ1) is 11.4. The summed E-state index contributed by atoms with van der Waals surface area (Å²) in [4.78, 5) is -0.0754. The lowest BCUT2D eigenvalue weighted by molar-refractivity contribution is 0.0798. The quantitative estimate of drug-likeness (QED) is 0.829. The molecule has 0 amide bonds. The van der Waals surface area contributed by atoms with Gasteiger partial charge in [-0.15, -0.1) is 0 Å². The molecule has 1 unspecified atom stereocenters. The molecule has 1 atom stereocenters. The summed E-state index contributed by atoms with van der Waals surface area (Å²) in [7, 11) is -2.38. The highest BCUT2D eigenvalue weighted by Gasteiger charge is 2.28. The Bertz CT molecular complexity index is 859. The molecule has 5 nitrogen and oxygen atoms in total. The number of ether oxygens (including phenoxy) is 2. The Balaban J connectivity index is 1.74. The van der Waals surface area contributed by atoms with Gasteiger partial charge >= 0.3 is 0 Å². The van der Waals surface area contributed by atoms with Crippen LogP contribution in [0.3, 0.4) is 0 Å². The molecule has 8 heteroatoms. The zero-order valence-electron chi connectivity index (χ0n) is 12.8. The van der Waals surface area contributed by atoms with Crippen molar-refractivity contribution in [3.63, 3.8) is 0 Å². The lowest BCUT2D eigenvalue weighted by Gasteiger charge is -2.29. The van der Waals surface area contributed by atoms with Crippen molar-refractivity contribution in [2.45, 2.75) is 11.0 Å². The molecule has 2 aromatic rings. The van der Waals surface area contributed by atoms with E-state index in [0.717, 1.165) is 16.4 Å². The smallest absolute Gasteiger partial charge is 0.243 e. The van der Waals surface area contributed by atoms with Crippen LogP contribution in [0.2, 0.25) is 5.02 Å². The van der Waals surface area contributed by atoms with Crippen LogP contribution in [-0.4, -0.2) is 39.0 Å². The van der Waals surface area contributed by atoms with Gasteiger partial charge in [-0.1, -0.05) is 23.7 Å². The lowest BCUT2D eigenvalue weighted by atomic mass is 10.2. The molecule has 1 aliphatic rings. The predicted molar refractivity (Wildman–Crippen MR) is 87.6 cm³/mol. The maximum Gasteiger partial charge on any atom is 0.243 e. The van der Waals surface area contributed by atoms with Crippen molar-refractivity contribution in [2.24, 2.45) is 0 Å². The third-order valence-corrected chi connectivity index (χ3v) is 5.74. The second-order valence-electron chi connectivity index (χ2n) is 5.36. The molecule has 1 heterocycles. The molecule has 0 fully saturated rings. The van der Waals surface area contributed by atoms with Crippen molar-refractivity contribution in [3.8, 4) is 11.5 Å². The number of sulfonamides is 1. The van der Waals surface area contributed by atoms with Crippen LogP contribution in [0.5, 0.6) is 11.5 Å². The van der Waals surface area contributed by atoms with Crippen molar-refractivity contribution in [2.75, 3.05) is 20.2 Å². The Morgan fingerprint density at radius 3 is 2.67 bits per heavy atom. The minimum atomic E-state index is -3.81. The summed E-state index contributed by atoms with van der Waals surface area (Å²) in [5, 5.41) is -0.240. The number of benzene rings is 2. The molecule has 24 heavy (non-hydrogen) atoms. The van der Waals surface area contributed by atoms with Crippen molar-refractivity contribution >= 4 is 21.6 Å². The molecule has 0 bridgehead atoms. The molecular weight excluding hydrogens is 357 g/mol. The second-order valence-corrected chi connectivity index (χ2v) is 7.81. The van der Waals surface area contributed by atoms with Crippen LogP contribution in [0.4, 0.5) is 4.39 Å². The van der Waals surface area contributed by atoms with Gasteiger partial charge in [0, 0.05) is 7.05 Å². The van der Waals surface area contributed by atoms with E-state index < -0.39 is 21.9 Å². The summed E-state index contributed by atoms with van der Waals surface area (Å²) in [6.45, 7) is 0.326. The van der Waals surface area contributed by atoms with Crippen LogP contribution in [0, 0.1) is 5.82 Å². The fourth-order valence-corrected chi connectivity index (χ4v) is 3.83. The van der Waals surface area contributed by atoms with Gasteiger partial charge in [0.25, 0.3) is 0 Å². The summed E-state index contributed by atoms with van der Waals surface area (Å²) in [6.07, 6.45) is -0.449. The number of likely N-dealkylation sites (N-methyl/N-ethyl adjacent to an activating group) is 1. The zero-order chi connectivity index (χ0) is 17.3. The summed E-state index contributed by atoms with van der Waals surface area (Å²) in [5.41, 5.74) is 0. The summed E-state index contributed by atoms with van der Waals surface area (Å²) < 4.78 is 50.8. The van der Waals surface area contributed by atoms with Crippen molar-refractivity contribution in [1.29, 1.82) is 0 Å². The number of fused-ring (bicyclic) bond motifs is 1. The highest BCUT2D eigenvalue weighted by Crippen LogP contribution is 2.31. The molecule has 0 aliphatic carbocycles. The molecule has 0 spiro atoms. The molecule has 0 radical (unpaired) electrons. The largest absolute Gasteiger partial charge is 0.486 e. The first kappa shape index (κ1) is 17.0. The van der Waals surface area contributed by atoms with E-state index in [2.05, 4.69) is 0 Å². The third kappa shape index (κ3) is 3.33. The molecule has 0 aromatic heterocycles. The molecular formula is C16H15ClFNO4S. The van der Waals surface area contributed by atoms with Gasteiger partial charge in [-0.05, 0) is 30.3 Å². The fourth-order valence-electron chi connectivity index (χ4n) is 2.36. The van der Waals surface area contributed by atoms with Crippen LogP contribution >= 0.6 is 11.6 Å². The number of nitrogens with zero attached hydrogens (tertiary/aromatic N) is 1. The SMILES string of the molecule is CN(CC1COc2ccccc2O1)S(=O)(=O)c1ccc(F)c(Cl)c1. The van der Waals surface area contributed by atoms with Gasteiger partial charge in [0.05, 0.1) is 16.5 Å². The average Bonchev–Trinajstić information content (AvgIpc) is 2.57. The van der Waals surface area contributed by atoms with Gasteiger partial charge < -0.3 is 9.47 Å². The number of hydrogen-bond acceptors (Lipinski definition) is 4. The van der Waals surface area contributed by atoms with Crippen LogP contribution in [0.25, 0.3) is 0 Å². The van der Waals surface area contributed by atoms with Gasteiger partial charge in [-0.2, -0.15) is 4.31 Å². The number of rotatable bonds is 4. The van der Waals surface area contributed by atoms with Gasteiger partial charge in [-0.25, -0.2) is 12.8 Å². The van der Waals surface area contributed by atoms with Crippen LogP contribution < -0.4 is 9.47 Å². The van der Waals surface area contributed by atoms with E-state index in [0.29, 0.717) is 11.5 Å². The average molecular weight is 372 g/mol. The predicted octanol–water partition coefficient (Wildman–Crippen LogP) is 2.94. The van der Waals surface area contributed by atoms with Crippen molar-refractivity contribution in [3.05, 3.63) is 53.3 Å². The van der Waals surface area contributed by atoms with E-state index in [-0.39, 0.29) is 23.1 Å². The number of hydrogen-bond donors (Lipinski definition) is 0. The van der Waals surface area contributed by atoms with Gasteiger partial charge in [0.15, 0.2) is 11.5 Å². The monoisotopic (exact) mass is 371 g/mol. The molecule has 1 aliphatic heterocycles. The molecule has 0 N–H and O–H groups in total. The maximum atomic E-state index is 13.2. The van der Waals surface area contributed by atoms with Crippen LogP contribution in [0.15, 0.2) is 47.4 Å². The third-order valence-electron chi connectivity index (χ3n) is 3.63. The summed E-state index contributed by atoms with van der Waals surface area (Å²) in [5.74, 6) is 0.535. The van der Waals surface area contributed by atoms with E-state index in [9.17, 15) is 12.8 Å². The minimum absolute atomic E-state index is 0.0754. The Kier molecular flexibility index (Phi) is 4.67.